The number of nitrogens with one attached hydrogen (secondary N) is 3. The summed E-state index contributed by atoms with van der Waals surface area (Å²) in [4.78, 5) is 24.2. The first-order valence-corrected chi connectivity index (χ1v) is 9.08. The summed E-state index contributed by atoms with van der Waals surface area (Å²) < 4.78 is 6.12. The first-order valence-electron chi connectivity index (χ1n) is 8.29. The average Bonchev–Trinajstić information content (AvgIpc) is 2.65. The second-order valence-electron chi connectivity index (χ2n) is 6.10. The van der Waals surface area contributed by atoms with Crippen molar-refractivity contribution in [1.29, 1.82) is 0 Å². The minimum Gasteiger partial charge on any atom is -0.497 e. The Morgan fingerprint density at radius 1 is 1.15 bits per heavy atom. The van der Waals surface area contributed by atoms with Gasteiger partial charge in [-0.3, -0.25) is 4.79 Å². The molecule has 2 atom stereocenters. The summed E-state index contributed by atoms with van der Waals surface area (Å²) in [7, 11) is 1.61. The molecule has 3 rings (SSSR count). The number of rotatable bonds is 4. The smallest absolute Gasteiger partial charge is 0.319 e. The van der Waals surface area contributed by atoms with E-state index in [4.69, 9.17) is 4.74 Å². The number of carbonyl (C=O) groups is 2. The molecule has 1 aliphatic heterocycles. The molecule has 2 aromatic carbocycles. The third-order valence-electron chi connectivity index (χ3n) is 4.37. The van der Waals surface area contributed by atoms with E-state index in [0.29, 0.717) is 18.7 Å². The maximum absolute atomic E-state index is 12.4. The first kappa shape index (κ1) is 18.3. The third-order valence-corrected chi connectivity index (χ3v) is 4.90. The molecule has 0 spiro atoms. The van der Waals surface area contributed by atoms with Crippen LogP contribution in [0.15, 0.2) is 53.0 Å². The second-order valence-corrected chi connectivity index (χ2v) is 7.02. The standard InChI is InChI=1S/C19H20BrN3O3/c1-26-15-8-2-12(3-9-15)16-10-18(24)21-11-17(16)23-19(25)22-14-6-4-13(20)5-7-14/h2-9,16-17H,10-11H2,1H3,(H,21,24)(H2,22,23,25)/t16?,17-/m1/s1. The SMILES string of the molecule is COc1ccc(C2CC(=O)NC[C@H]2NC(=O)Nc2ccc(Br)cc2)cc1. The zero-order valence-corrected chi connectivity index (χ0v) is 15.9. The van der Waals surface area contributed by atoms with Crippen LogP contribution >= 0.6 is 15.9 Å². The van der Waals surface area contributed by atoms with Crippen molar-refractivity contribution < 1.29 is 14.3 Å². The molecule has 0 aromatic heterocycles. The van der Waals surface area contributed by atoms with Crippen LogP contribution in [-0.4, -0.2) is 31.6 Å². The van der Waals surface area contributed by atoms with Gasteiger partial charge in [0.25, 0.3) is 0 Å². The number of hydrogen-bond donors (Lipinski definition) is 3. The molecule has 1 saturated heterocycles. The summed E-state index contributed by atoms with van der Waals surface area (Å²) in [5.41, 5.74) is 1.70. The molecule has 1 aliphatic rings. The average molecular weight is 418 g/mol. The Kier molecular flexibility index (Phi) is 5.78. The monoisotopic (exact) mass is 417 g/mol. The number of urea groups is 1. The number of carbonyl (C=O) groups excluding carboxylic acids is 2. The second kappa shape index (κ2) is 8.23. The summed E-state index contributed by atoms with van der Waals surface area (Å²) in [5.74, 6) is 0.647. The zero-order valence-electron chi connectivity index (χ0n) is 14.3. The predicted molar refractivity (Wildman–Crippen MR) is 103 cm³/mol. The molecule has 0 radical (unpaired) electrons. The van der Waals surface area contributed by atoms with Crippen molar-refractivity contribution in [2.24, 2.45) is 0 Å². The van der Waals surface area contributed by atoms with Gasteiger partial charge in [-0.2, -0.15) is 0 Å². The Labute approximate surface area is 160 Å². The number of benzene rings is 2. The fourth-order valence-electron chi connectivity index (χ4n) is 3.00. The molecule has 6 nitrogen and oxygen atoms in total. The van der Waals surface area contributed by atoms with Gasteiger partial charge in [-0.25, -0.2) is 4.79 Å². The molecule has 136 valence electrons. The number of hydrogen-bond acceptors (Lipinski definition) is 3. The number of methoxy groups -OCH3 is 1. The van der Waals surface area contributed by atoms with Crippen LogP contribution in [0.25, 0.3) is 0 Å². The molecule has 7 heteroatoms. The maximum atomic E-state index is 12.4. The van der Waals surface area contributed by atoms with E-state index in [1.165, 1.54) is 0 Å². The molecule has 1 unspecified atom stereocenters. The van der Waals surface area contributed by atoms with Gasteiger partial charge in [0, 0.05) is 29.0 Å². The van der Waals surface area contributed by atoms with Gasteiger partial charge in [0.1, 0.15) is 5.75 Å². The lowest BCUT2D eigenvalue weighted by atomic mass is 9.85. The van der Waals surface area contributed by atoms with E-state index < -0.39 is 0 Å². The molecular formula is C19H20BrN3O3. The van der Waals surface area contributed by atoms with Crippen LogP contribution in [0.3, 0.4) is 0 Å². The molecule has 0 bridgehead atoms. The number of ether oxygens (including phenoxy) is 1. The highest BCUT2D eigenvalue weighted by Crippen LogP contribution is 2.28. The van der Waals surface area contributed by atoms with Gasteiger partial charge < -0.3 is 20.7 Å². The van der Waals surface area contributed by atoms with Crippen LogP contribution in [0, 0.1) is 0 Å². The summed E-state index contributed by atoms with van der Waals surface area (Å²) in [6.07, 6.45) is 0.329. The van der Waals surface area contributed by atoms with Crippen LogP contribution in [0.1, 0.15) is 17.9 Å². The number of piperidine rings is 1. The van der Waals surface area contributed by atoms with Gasteiger partial charge >= 0.3 is 6.03 Å². The van der Waals surface area contributed by atoms with Gasteiger partial charge in [0.2, 0.25) is 5.91 Å². The summed E-state index contributed by atoms with van der Waals surface area (Å²) >= 11 is 3.36. The van der Waals surface area contributed by atoms with Crippen molar-refractivity contribution >= 4 is 33.6 Å². The predicted octanol–water partition coefficient (Wildman–Crippen LogP) is 3.25. The van der Waals surface area contributed by atoms with Crippen molar-refractivity contribution in [3.63, 3.8) is 0 Å². The van der Waals surface area contributed by atoms with Crippen LogP contribution in [0.2, 0.25) is 0 Å². The summed E-state index contributed by atoms with van der Waals surface area (Å²) in [5, 5.41) is 8.61. The normalized spacial score (nSPS) is 19.4. The first-order chi connectivity index (χ1) is 12.5. The molecule has 1 fully saturated rings. The quantitative estimate of drug-likeness (QED) is 0.713. The summed E-state index contributed by atoms with van der Waals surface area (Å²) in [6, 6.07) is 14.4. The molecule has 0 saturated carbocycles. The van der Waals surface area contributed by atoms with Crippen molar-refractivity contribution in [3.05, 3.63) is 58.6 Å². The van der Waals surface area contributed by atoms with Gasteiger partial charge in [-0.05, 0) is 42.0 Å². The van der Waals surface area contributed by atoms with E-state index in [2.05, 4.69) is 31.9 Å². The van der Waals surface area contributed by atoms with Crippen molar-refractivity contribution in [2.45, 2.75) is 18.4 Å². The zero-order chi connectivity index (χ0) is 18.5. The Bertz CT molecular complexity index is 778. The van der Waals surface area contributed by atoms with Crippen molar-refractivity contribution in [2.75, 3.05) is 19.0 Å². The lowest BCUT2D eigenvalue weighted by Gasteiger charge is -2.32. The van der Waals surface area contributed by atoms with Gasteiger partial charge in [0.15, 0.2) is 0 Å². The number of anilines is 1. The van der Waals surface area contributed by atoms with Crippen molar-refractivity contribution in [1.82, 2.24) is 10.6 Å². The lowest BCUT2D eigenvalue weighted by molar-refractivity contribution is -0.123. The maximum Gasteiger partial charge on any atom is 0.319 e. The van der Waals surface area contributed by atoms with E-state index >= 15 is 0 Å². The van der Waals surface area contributed by atoms with E-state index in [1.807, 2.05) is 48.5 Å². The van der Waals surface area contributed by atoms with E-state index in [1.54, 1.807) is 7.11 Å². The topological polar surface area (TPSA) is 79.5 Å². The van der Waals surface area contributed by atoms with Crippen LogP contribution in [0.5, 0.6) is 5.75 Å². The van der Waals surface area contributed by atoms with Gasteiger partial charge in [0.05, 0.1) is 13.2 Å². The molecule has 3 amide bonds. The Morgan fingerprint density at radius 3 is 2.50 bits per heavy atom. The Hall–Kier alpha value is -2.54. The molecule has 2 aromatic rings. The van der Waals surface area contributed by atoms with Crippen molar-refractivity contribution in [3.8, 4) is 5.75 Å². The lowest BCUT2D eigenvalue weighted by Crippen LogP contribution is -2.52. The van der Waals surface area contributed by atoms with E-state index in [0.717, 1.165) is 15.8 Å². The highest BCUT2D eigenvalue weighted by atomic mass is 79.9. The minimum absolute atomic E-state index is 0.0165. The molecule has 1 heterocycles. The Morgan fingerprint density at radius 2 is 1.85 bits per heavy atom. The number of halogens is 1. The molecule has 26 heavy (non-hydrogen) atoms. The van der Waals surface area contributed by atoms with Crippen LogP contribution in [-0.2, 0) is 4.79 Å². The molecule has 3 N–H and O–H groups in total. The largest absolute Gasteiger partial charge is 0.497 e. The van der Waals surface area contributed by atoms with Crippen LogP contribution < -0.4 is 20.7 Å². The van der Waals surface area contributed by atoms with E-state index in [9.17, 15) is 9.59 Å². The minimum atomic E-state index is -0.299. The fraction of sp³-hybridized carbons (Fsp3) is 0.263. The molecular weight excluding hydrogens is 398 g/mol. The molecule has 0 aliphatic carbocycles. The number of amides is 3. The van der Waals surface area contributed by atoms with E-state index in [-0.39, 0.29) is 23.9 Å². The highest BCUT2D eigenvalue weighted by Gasteiger charge is 2.31. The van der Waals surface area contributed by atoms with Gasteiger partial charge in [-0.1, -0.05) is 28.1 Å². The summed E-state index contributed by atoms with van der Waals surface area (Å²) in [6.45, 7) is 0.392. The third kappa shape index (κ3) is 4.54. The van der Waals surface area contributed by atoms with Gasteiger partial charge in [-0.15, -0.1) is 0 Å². The highest BCUT2D eigenvalue weighted by molar-refractivity contribution is 9.10. The van der Waals surface area contributed by atoms with Crippen LogP contribution in [0.4, 0.5) is 10.5 Å². The Balaban J connectivity index is 1.69. The fourth-order valence-corrected chi connectivity index (χ4v) is 3.27.